The molecule has 0 N–H and O–H groups in total. The van der Waals surface area contributed by atoms with Gasteiger partial charge in [0.05, 0.1) is 23.4 Å². The monoisotopic (exact) mass is 325 g/mol. The van der Waals surface area contributed by atoms with Crippen molar-refractivity contribution in [2.24, 2.45) is 0 Å². The van der Waals surface area contributed by atoms with E-state index in [1.54, 1.807) is 12.1 Å². The van der Waals surface area contributed by atoms with Gasteiger partial charge in [-0.25, -0.2) is 4.39 Å². The van der Waals surface area contributed by atoms with Gasteiger partial charge in [0, 0.05) is 19.5 Å². The maximum atomic E-state index is 14.5. The van der Waals surface area contributed by atoms with Crippen LogP contribution in [0.1, 0.15) is 55.4 Å². The number of hydrogen-bond acceptors (Lipinski definition) is 4. The molecule has 3 heterocycles. The molecule has 0 radical (unpaired) electrons. The number of aryl methyl sites for hydroxylation is 1. The van der Waals surface area contributed by atoms with Crippen molar-refractivity contribution in [2.75, 3.05) is 11.4 Å². The fourth-order valence-electron chi connectivity index (χ4n) is 3.89. The highest BCUT2D eigenvalue weighted by Gasteiger charge is 2.32. The Hall–Kier alpha value is -2.42. The summed E-state index contributed by atoms with van der Waals surface area (Å²) >= 11 is 0. The van der Waals surface area contributed by atoms with Gasteiger partial charge in [0.2, 0.25) is 0 Å². The Balaban J connectivity index is 1.69. The molecule has 1 fully saturated rings. The van der Waals surface area contributed by atoms with Crippen LogP contribution in [-0.4, -0.2) is 21.3 Å². The van der Waals surface area contributed by atoms with Gasteiger partial charge in [0.15, 0.2) is 5.82 Å². The van der Waals surface area contributed by atoms with Crippen LogP contribution in [0.5, 0.6) is 0 Å². The Morgan fingerprint density at radius 2 is 2.04 bits per heavy atom. The third kappa shape index (κ3) is 2.54. The predicted octanol–water partition coefficient (Wildman–Crippen LogP) is 3.36. The third-order valence-electron chi connectivity index (χ3n) is 5.08. The van der Waals surface area contributed by atoms with Crippen molar-refractivity contribution in [2.45, 2.75) is 51.1 Å². The van der Waals surface area contributed by atoms with E-state index in [1.165, 1.54) is 12.5 Å². The van der Waals surface area contributed by atoms with E-state index in [2.05, 4.69) is 19.7 Å². The van der Waals surface area contributed by atoms with Gasteiger partial charge in [-0.2, -0.15) is 5.26 Å². The standard InChI is InChI=1S/C18H20FN5/c19-14-11-13(12-20)7-8-15(14)23-10-4-5-16(23)18-22-21-17-6-2-1-3-9-24(17)18/h7-8,11,16H,1-6,9-10H2. The summed E-state index contributed by atoms with van der Waals surface area (Å²) in [6.45, 7) is 1.76. The highest BCUT2D eigenvalue weighted by molar-refractivity contribution is 5.53. The van der Waals surface area contributed by atoms with Gasteiger partial charge < -0.3 is 9.47 Å². The molecule has 2 aliphatic heterocycles. The second-order valence-electron chi connectivity index (χ2n) is 6.57. The second kappa shape index (κ2) is 6.23. The van der Waals surface area contributed by atoms with Crippen LogP contribution in [0.25, 0.3) is 0 Å². The molecule has 0 bridgehead atoms. The van der Waals surface area contributed by atoms with Crippen LogP contribution < -0.4 is 4.90 Å². The molecule has 5 nitrogen and oxygen atoms in total. The largest absolute Gasteiger partial charge is 0.359 e. The predicted molar refractivity (Wildman–Crippen MR) is 88.0 cm³/mol. The Kier molecular flexibility index (Phi) is 3.93. The first kappa shape index (κ1) is 15.1. The van der Waals surface area contributed by atoms with E-state index >= 15 is 0 Å². The molecule has 6 heteroatoms. The average molecular weight is 325 g/mol. The van der Waals surface area contributed by atoms with E-state index in [4.69, 9.17) is 5.26 Å². The second-order valence-corrected chi connectivity index (χ2v) is 6.57. The fourth-order valence-corrected chi connectivity index (χ4v) is 3.89. The molecule has 24 heavy (non-hydrogen) atoms. The molecule has 1 aromatic heterocycles. The van der Waals surface area contributed by atoms with Gasteiger partial charge in [0.1, 0.15) is 11.6 Å². The smallest absolute Gasteiger partial charge is 0.155 e. The minimum atomic E-state index is -0.337. The lowest BCUT2D eigenvalue weighted by Crippen LogP contribution is -2.26. The minimum Gasteiger partial charge on any atom is -0.359 e. The molecular weight excluding hydrogens is 305 g/mol. The molecule has 2 aliphatic rings. The molecule has 2 aromatic rings. The summed E-state index contributed by atoms with van der Waals surface area (Å²) in [6.07, 6.45) is 6.48. The summed E-state index contributed by atoms with van der Waals surface area (Å²) < 4.78 is 16.7. The molecule has 0 saturated carbocycles. The number of anilines is 1. The van der Waals surface area contributed by atoms with Crippen molar-refractivity contribution in [3.63, 3.8) is 0 Å². The molecule has 0 spiro atoms. The molecule has 1 aromatic carbocycles. The van der Waals surface area contributed by atoms with Crippen molar-refractivity contribution in [1.82, 2.24) is 14.8 Å². The highest BCUT2D eigenvalue weighted by atomic mass is 19.1. The normalized spacial score (nSPS) is 20.5. The lowest BCUT2D eigenvalue weighted by atomic mass is 10.1. The number of aromatic nitrogens is 3. The van der Waals surface area contributed by atoms with Crippen LogP contribution in [0.4, 0.5) is 10.1 Å². The first-order chi connectivity index (χ1) is 11.8. The summed E-state index contributed by atoms with van der Waals surface area (Å²) in [5, 5.41) is 17.8. The van der Waals surface area contributed by atoms with Crippen LogP contribution in [0, 0.1) is 17.1 Å². The van der Waals surface area contributed by atoms with E-state index in [9.17, 15) is 4.39 Å². The Morgan fingerprint density at radius 3 is 2.88 bits per heavy atom. The zero-order chi connectivity index (χ0) is 16.5. The lowest BCUT2D eigenvalue weighted by Gasteiger charge is -2.27. The van der Waals surface area contributed by atoms with Crippen molar-refractivity contribution >= 4 is 5.69 Å². The van der Waals surface area contributed by atoms with Crippen molar-refractivity contribution in [3.8, 4) is 6.07 Å². The molecule has 1 saturated heterocycles. The molecule has 1 unspecified atom stereocenters. The molecule has 1 atom stereocenters. The van der Waals surface area contributed by atoms with Crippen molar-refractivity contribution < 1.29 is 4.39 Å². The SMILES string of the molecule is N#Cc1ccc(N2CCCC2c2nnc3n2CCCCC3)c(F)c1. The Labute approximate surface area is 140 Å². The summed E-state index contributed by atoms with van der Waals surface area (Å²) in [7, 11) is 0. The first-order valence-corrected chi connectivity index (χ1v) is 8.66. The minimum absolute atomic E-state index is 0.0618. The zero-order valence-corrected chi connectivity index (χ0v) is 13.6. The van der Waals surface area contributed by atoms with Crippen LogP contribution >= 0.6 is 0 Å². The molecule has 0 amide bonds. The van der Waals surface area contributed by atoms with Crippen LogP contribution in [0.2, 0.25) is 0 Å². The van der Waals surface area contributed by atoms with Crippen LogP contribution in [0.15, 0.2) is 18.2 Å². The van der Waals surface area contributed by atoms with Gasteiger partial charge >= 0.3 is 0 Å². The first-order valence-electron chi connectivity index (χ1n) is 8.66. The zero-order valence-electron chi connectivity index (χ0n) is 13.6. The topological polar surface area (TPSA) is 57.7 Å². The average Bonchev–Trinajstić information content (AvgIpc) is 3.15. The lowest BCUT2D eigenvalue weighted by molar-refractivity contribution is 0.552. The van der Waals surface area contributed by atoms with Gasteiger partial charge in [-0.1, -0.05) is 6.42 Å². The molecule has 4 rings (SSSR count). The quantitative estimate of drug-likeness (QED) is 0.849. The summed E-state index contributed by atoms with van der Waals surface area (Å²) in [5.74, 6) is 1.69. The van der Waals surface area contributed by atoms with Crippen LogP contribution in [-0.2, 0) is 13.0 Å². The Morgan fingerprint density at radius 1 is 1.12 bits per heavy atom. The highest BCUT2D eigenvalue weighted by Crippen LogP contribution is 2.37. The third-order valence-corrected chi connectivity index (χ3v) is 5.08. The van der Waals surface area contributed by atoms with Gasteiger partial charge in [-0.3, -0.25) is 0 Å². The molecule has 124 valence electrons. The number of rotatable bonds is 2. The number of hydrogen-bond donors (Lipinski definition) is 0. The van der Waals surface area contributed by atoms with Crippen LogP contribution in [0.3, 0.4) is 0 Å². The molecule has 0 aliphatic carbocycles. The van der Waals surface area contributed by atoms with Gasteiger partial charge in [-0.15, -0.1) is 10.2 Å². The van der Waals surface area contributed by atoms with E-state index in [0.29, 0.717) is 11.3 Å². The van der Waals surface area contributed by atoms with Crippen molar-refractivity contribution in [3.05, 3.63) is 41.2 Å². The maximum absolute atomic E-state index is 14.5. The number of benzene rings is 1. The van der Waals surface area contributed by atoms with E-state index in [0.717, 1.165) is 56.8 Å². The summed E-state index contributed by atoms with van der Waals surface area (Å²) in [6, 6.07) is 6.76. The fraction of sp³-hybridized carbons (Fsp3) is 0.500. The van der Waals surface area contributed by atoms with Gasteiger partial charge in [0.25, 0.3) is 0 Å². The number of fused-ring (bicyclic) bond motifs is 1. The number of nitriles is 1. The van der Waals surface area contributed by atoms with Crippen molar-refractivity contribution in [1.29, 1.82) is 5.26 Å². The van der Waals surface area contributed by atoms with E-state index < -0.39 is 0 Å². The number of nitrogens with zero attached hydrogens (tertiary/aromatic N) is 5. The molecular formula is C18H20FN5. The number of halogens is 1. The van der Waals surface area contributed by atoms with Gasteiger partial charge in [-0.05, 0) is 43.9 Å². The maximum Gasteiger partial charge on any atom is 0.155 e. The summed E-state index contributed by atoms with van der Waals surface area (Å²) in [5.41, 5.74) is 0.908. The summed E-state index contributed by atoms with van der Waals surface area (Å²) in [4.78, 5) is 2.08. The Bertz CT molecular complexity index is 791. The van der Waals surface area contributed by atoms with E-state index in [-0.39, 0.29) is 11.9 Å². The van der Waals surface area contributed by atoms with E-state index in [1.807, 2.05) is 6.07 Å².